The summed E-state index contributed by atoms with van der Waals surface area (Å²) in [6.07, 6.45) is 0. The van der Waals surface area contributed by atoms with Gasteiger partial charge in [0.05, 0.1) is 11.4 Å². The predicted octanol–water partition coefficient (Wildman–Crippen LogP) is 3.41. The summed E-state index contributed by atoms with van der Waals surface area (Å²) in [7, 11) is 0. The van der Waals surface area contributed by atoms with E-state index in [2.05, 4.69) is 9.97 Å². The van der Waals surface area contributed by atoms with E-state index in [4.69, 9.17) is 4.42 Å². The summed E-state index contributed by atoms with van der Waals surface area (Å²) < 4.78 is 5.51. The van der Waals surface area contributed by atoms with Crippen LogP contribution in [-0.4, -0.2) is 22.4 Å². The van der Waals surface area contributed by atoms with Gasteiger partial charge in [-0.25, -0.2) is 9.97 Å². The minimum Gasteiger partial charge on any atom is -0.437 e. The summed E-state index contributed by atoms with van der Waals surface area (Å²) >= 11 is 3.00. The van der Waals surface area contributed by atoms with Crippen molar-refractivity contribution < 1.29 is 9.21 Å². The summed E-state index contributed by atoms with van der Waals surface area (Å²) in [4.78, 5) is 21.9. The number of hydrogen-bond acceptors (Lipinski definition) is 6. The second-order valence-corrected chi connectivity index (χ2v) is 6.06. The Morgan fingerprint density at radius 1 is 1.45 bits per heavy atom. The topological polar surface area (TPSA) is 59.2 Å². The van der Waals surface area contributed by atoms with E-state index in [9.17, 15) is 4.79 Å². The van der Waals surface area contributed by atoms with Crippen molar-refractivity contribution in [1.82, 2.24) is 9.97 Å². The Balaban J connectivity index is 2.01. The second kappa shape index (κ2) is 6.41. The number of amides is 1. The molecule has 108 valence electrons. The standard InChI is InChI=1S/C13H17N3O2S2/c1-5-16(10(4)17)12-15-11(6-19-12)7-20-13-14-8(2)9(3)18-13/h6H,5,7H2,1-4H3. The van der Waals surface area contributed by atoms with Crippen LogP contribution in [0.15, 0.2) is 15.0 Å². The van der Waals surface area contributed by atoms with Crippen LogP contribution in [0.1, 0.15) is 31.0 Å². The number of nitrogens with zero attached hydrogens (tertiary/aromatic N) is 3. The monoisotopic (exact) mass is 311 g/mol. The third-order valence-corrected chi connectivity index (χ3v) is 4.59. The van der Waals surface area contributed by atoms with Gasteiger partial charge < -0.3 is 4.42 Å². The van der Waals surface area contributed by atoms with Gasteiger partial charge in [0.1, 0.15) is 5.76 Å². The number of thioether (sulfide) groups is 1. The molecule has 0 aromatic carbocycles. The number of thiazole rings is 1. The van der Waals surface area contributed by atoms with Crippen molar-refractivity contribution in [1.29, 1.82) is 0 Å². The molecule has 1 amide bonds. The molecule has 2 aromatic rings. The zero-order valence-corrected chi connectivity index (χ0v) is 13.6. The van der Waals surface area contributed by atoms with E-state index in [1.54, 1.807) is 11.8 Å². The Hall–Kier alpha value is -1.34. The van der Waals surface area contributed by atoms with Crippen LogP contribution in [0.4, 0.5) is 5.13 Å². The molecule has 20 heavy (non-hydrogen) atoms. The first-order valence-electron chi connectivity index (χ1n) is 6.30. The first-order chi connectivity index (χ1) is 9.51. The third kappa shape index (κ3) is 3.40. The number of rotatable bonds is 5. The Morgan fingerprint density at radius 3 is 2.75 bits per heavy atom. The molecule has 0 unspecified atom stereocenters. The minimum atomic E-state index is 0.0139. The van der Waals surface area contributed by atoms with Gasteiger partial charge in [0.2, 0.25) is 5.91 Å². The fourth-order valence-corrected chi connectivity index (χ4v) is 3.46. The van der Waals surface area contributed by atoms with Crippen LogP contribution in [0.25, 0.3) is 0 Å². The Bertz CT molecular complexity index is 587. The molecule has 0 aliphatic carbocycles. The normalized spacial score (nSPS) is 10.8. The van der Waals surface area contributed by atoms with E-state index in [1.165, 1.54) is 23.1 Å². The largest absolute Gasteiger partial charge is 0.437 e. The van der Waals surface area contributed by atoms with Crippen LogP contribution in [0, 0.1) is 13.8 Å². The van der Waals surface area contributed by atoms with Gasteiger partial charge in [0.15, 0.2) is 5.13 Å². The van der Waals surface area contributed by atoms with Gasteiger partial charge in [0, 0.05) is 24.6 Å². The number of aryl methyl sites for hydroxylation is 2. The van der Waals surface area contributed by atoms with Gasteiger partial charge >= 0.3 is 0 Å². The molecule has 0 N–H and O–H groups in total. The molecule has 0 saturated heterocycles. The molecule has 0 radical (unpaired) electrons. The molecule has 0 atom stereocenters. The van der Waals surface area contributed by atoms with Gasteiger partial charge in [0.25, 0.3) is 5.22 Å². The maximum atomic E-state index is 11.5. The van der Waals surface area contributed by atoms with Crippen LogP contribution in [-0.2, 0) is 10.5 Å². The molecule has 0 fully saturated rings. The highest BCUT2D eigenvalue weighted by Gasteiger charge is 2.14. The fourth-order valence-electron chi connectivity index (χ4n) is 1.62. The van der Waals surface area contributed by atoms with Crippen molar-refractivity contribution in [2.75, 3.05) is 11.4 Å². The molecule has 7 heteroatoms. The van der Waals surface area contributed by atoms with Gasteiger partial charge in [-0.2, -0.15) is 0 Å². The number of carbonyl (C=O) groups excluding carboxylic acids is 1. The summed E-state index contributed by atoms with van der Waals surface area (Å²) in [5, 5.41) is 3.38. The van der Waals surface area contributed by atoms with Crippen LogP contribution in [0.5, 0.6) is 0 Å². The van der Waals surface area contributed by atoms with Crippen molar-refractivity contribution in [2.45, 2.75) is 38.7 Å². The zero-order valence-electron chi connectivity index (χ0n) is 12.0. The van der Waals surface area contributed by atoms with E-state index >= 15 is 0 Å². The highest BCUT2D eigenvalue weighted by atomic mass is 32.2. The average Bonchev–Trinajstić information content (AvgIpc) is 2.96. The van der Waals surface area contributed by atoms with E-state index in [0.717, 1.165) is 22.3 Å². The second-order valence-electron chi connectivity index (χ2n) is 4.29. The number of carbonyl (C=O) groups is 1. The van der Waals surface area contributed by atoms with Gasteiger partial charge in [-0.05, 0) is 20.8 Å². The lowest BCUT2D eigenvalue weighted by atomic mass is 10.4. The van der Waals surface area contributed by atoms with Crippen molar-refractivity contribution in [2.24, 2.45) is 0 Å². The lowest BCUT2D eigenvalue weighted by Gasteiger charge is -2.14. The maximum Gasteiger partial charge on any atom is 0.256 e. The number of oxazole rings is 1. The van der Waals surface area contributed by atoms with E-state index in [1.807, 2.05) is 26.2 Å². The number of anilines is 1. The van der Waals surface area contributed by atoms with E-state index in [-0.39, 0.29) is 5.91 Å². The highest BCUT2D eigenvalue weighted by Crippen LogP contribution is 2.27. The molecule has 5 nitrogen and oxygen atoms in total. The first kappa shape index (κ1) is 15.1. The van der Waals surface area contributed by atoms with Crippen LogP contribution >= 0.6 is 23.1 Å². The first-order valence-corrected chi connectivity index (χ1v) is 8.17. The highest BCUT2D eigenvalue weighted by molar-refractivity contribution is 7.98. The Kier molecular flexibility index (Phi) is 4.82. The lowest BCUT2D eigenvalue weighted by Crippen LogP contribution is -2.27. The molecule has 0 spiro atoms. The summed E-state index contributed by atoms with van der Waals surface area (Å²) in [5.74, 6) is 1.55. The molecule has 0 aliphatic rings. The lowest BCUT2D eigenvalue weighted by molar-refractivity contribution is -0.116. The number of aromatic nitrogens is 2. The molecule has 2 rings (SSSR count). The SMILES string of the molecule is CCN(C(C)=O)c1nc(CSc2nc(C)c(C)o2)cs1. The molecular formula is C13H17N3O2S2. The van der Waals surface area contributed by atoms with Gasteiger partial charge in [-0.15, -0.1) is 11.3 Å². The van der Waals surface area contributed by atoms with Crippen LogP contribution < -0.4 is 4.90 Å². The Morgan fingerprint density at radius 2 is 2.20 bits per heavy atom. The van der Waals surface area contributed by atoms with Gasteiger partial charge in [-0.1, -0.05) is 11.8 Å². The third-order valence-electron chi connectivity index (χ3n) is 2.82. The summed E-state index contributed by atoms with van der Waals surface area (Å²) in [5.41, 5.74) is 1.85. The molecule has 2 aromatic heterocycles. The average molecular weight is 311 g/mol. The smallest absolute Gasteiger partial charge is 0.256 e. The molecular weight excluding hydrogens is 294 g/mol. The Labute approximate surface area is 126 Å². The van der Waals surface area contributed by atoms with Crippen molar-refractivity contribution in [3.8, 4) is 0 Å². The van der Waals surface area contributed by atoms with Crippen molar-refractivity contribution in [3.05, 3.63) is 22.5 Å². The predicted molar refractivity (Wildman–Crippen MR) is 81.4 cm³/mol. The van der Waals surface area contributed by atoms with E-state index in [0.29, 0.717) is 17.5 Å². The zero-order chi connectivity index (χ0) is 14.7. The van der Waals surface area contributed by atoms with Crippen LogP contribution in [0.2, 0.25) is 0 Å². The molecule has 0 bridgehead atoms. The number of hydrogen-bond donors (Lipinski definition) is 0. The van der Waals surface area contributed by atoms with Gasteiger partial charge in [-0.3, -0.25) is 9.69 Å². The molecule has 0 saturated carbocycles. The van der Waals surface area contributed by atoms with Crippen molar-refractivity contribution >= 4 is 34.1 Å². The fraction of sp³-hybridized carbons (Fsp3) is 0.462. The minimum absolute atomic E-state index is 0.0139. The maximum absolute atomic E-state index is 11.5. The quantitative estimate of drug-likeness (QED) is 0.792. The van der Waals surface area contributed by atoms with E-state index < -0.39 is 0 Å². The molecule has 0 aliphatic heterocycles. The van der Waals surface area contributed by atoms with Crippen molar-refractivity contribution in [3.63, 3.8) is 0 Å². The van der Waals surface area contributed by atoms with Crippen LogP contribution in [0.3, 0.4) is 0 Å². The summed E-state index contributed by atoms with van der Waals surface area (Å²) in [6, 6.07) is 0. The molecule has 2 heterocycles. The summed E-state index contributed by atoms with van der Waals surface area (Å²) in [6.45, 7) is 7.95.